The maximum atomic E-state index is 9.67. The van der Waals surface area contributed by atoms with Crippen molar-refractivity contribution >= 4 is 0 Å². The fourth-order valence-corrected chi connectivity index (χ4v) is 2.06. The van der Waals surface area contributed by atoms with E-state index < -0.39 is 5.54 Å². The van der Waals surface area contributed by atoms with Crippen molar-refractivity contribution in [1.82, 2.24) is 5.32 Å². The number of hydrogen-bond donors (Lipinski definition) is 4. The summed E-state index contributed by atoms with van der Waals surface area (Å²) in [6.07, 6.45) is 0. The highest BCUT2D eigenvalue weighted by Crippen LogP contribution is 2.28. The van der Waals surface area contributed by atoms with E-state index in [9.17, 15) is 15.3 Å². The summed E-state index contributed by atoms with van der Waals surface area (Å²) < 4.78 is 0. The Bertz CT molecular complexity index is 551. The van der Waals surface area contributed by atoms with Crippen molar-refractivity contribution in [1.29, 1.82) is 0 Å². The Labute approximate surface area is 118 Å². The first-order chi connectivity index (χ1) is 9.53. The van der Waals surface area contributed by atoms with Crippen molar-refractivity contribution in [2.24, 2.45) is 0 Å². The smallest absolute Gasteiger partial charge is 0.119 e. The summed E-state index contributed by atoms with van der Waals surface area (Å²) >= 11 is 0. The molecule has 0 saturated carbocycles. The van der Waals surface area contributed by atoms with Crippen LogP contribution < -0.4 is 5.32 Å². The van der Waals surface area contributed by atoms with Crippen molar-refractivity contribution in [3.8, 4) is 11.5 Å². The van der Waals surface area contributed by atoms with Crippen molar-refractivity contribution in [3.05, 3.63) is 59.7 Å². The molecule has 0 amide bonds. The van der Waals surface area contributed by atoms with Crippen LogP contribution in [0, 0.1) is 0 Å². The Morgan fingerprint density at radius 2 is 1.60 bits per heavy atom. The summed E-state index contributed by atoms with van der Waals surface area (Å²) in [6.45, 7) is 2.25. The Balaban J connectivity index is 2.20. The SMILES string of the molecule is CC(CO)(NCc1ccccc1)c1cc(O)cc(O)c1. The van der Waals surface area contributed by atoms with Crippen molar-refractivity contribution < 1.29 is 15.3 Å². The molecule has 0 spiro atoms. The topological polar surface area (TPSA) is 72.7 Å². The van der Waals surface area contributed by atoms with E-state index in [1.807, 2.05) is 37.3 Å². The molecule has 0 saturated heterocycles. The largest absolute Gasteiger partial charge is 0.508 e. The lowest BCUT2D eigenvalue weighted by Gasteiger charge is -2.30. The molecule has 1 unspecified atom stereocenters. The van der Waals surface area contributed by atoms with Gasteiger partial charge in [0.1, 0.15) is 11.5 Å². The number of phenols is 2. The first kappa shape index (κ1) is 14.4. The molecule has 2 aromatic rings. The molecule has 20 heavy (non-hydrogen) atoms. The molecule has 1 atom stereocenters. The summed E-state index contributed by atoms with van der Waals surface area (Å²) in [5, 5.41) is 32.1. The van der Waals surface area contributed by atoms with E-state index in [-0.39, 0.29) is 18.1 Å². The van der Waals surface area contributed by atoms with E-state index in [2.05, 4.69) is 5.32 Å². The Hall–Kier alpha value is -2.04. The van der Waals surface area contributed by atoms with Crippen LogP contribution in [-0.2, 0) is 12.1 Å². The summed E-state index contributed by atoms with van der Waals surface area (Å²) in [7, 11) is 0. The molecule has 4 heteroatoms. The third-order valence-electron chi connectivity index (χ3n) is 3.38. The molecule has 4 N–H and O–H groups in total. The minimum Gasteiger partial charge on any atom is -0.508 e. The number of nitrogens with one attached hydrogen (secondary N) is 1. The fourth-order valence-electron chi connectivity index (χ4n) is 2.06. The first-order valence-corrected chi connectivity index (χ1v) is 6.47. The van der Waals surface area contributed by atoms with Crippen LogP contribution in [0.25, 0.3) is 0 Å². The minimum absolute atomic E-state index is 0.0267. The van der Waals surface area contributed by atoms with Crippen LogP contribution in [0.3, 0.4) is 0 Å². The van der Waals surface area contributed by atoms with Gasteiger partial charge in [-0.25, -0.2) is 0 Å². The number of aromatic hydroxyl groups is 2. The van der Waals surface area contributed by atoms with Gasteiger partial charge in [-0.1, -0.05) is 30.3 Å². The number of benzene rings is 2. The standard InChI is InChI=1S/C16H19NO3/c1-16(11-18,13-7-14(19)9-15(20)8-13)17-10-12-5-3-2-4-6-12/h2-9,17-20H,10-11H2,1H3. The van der Waals surface area contributed by atoms with E-state index in [0.29, 0.717) is 12.1 Å². The van der Waals surface area contributed by atoms with Gasteiger partial charge < -0.3 is 20.6 Å². The maximum Gasteiger partial charge on any atom is 0.119 e. The molecule has 2 aromatic carbocycles. The highest BCUT2D eigenvalue weighted by atomic mass is 16.3. The van der Waals surface area contributed by atoms with Gasteiger partial charge in [0.15, 0.2) is 0 Å². The predicted octanol–water partition coefficient (Wildman–Crippen LogP) is 2.10. The van der Waals surface area contributed by atoms with Crippen LogP contribution in [0.1, 0.15) is 18.1 Å². The monoisotopic (exact) mass is 273 g/mol. The molecule has 0 aromatic heterocycles. The lowest BCUT2D eigenvalue weighted by Crippen LogP contribution is -2.42. The van der Waals surface area contributed by atoms with E-state index >= 15 is 0 Å². The van der Waals surface area contributed by atoms with Crippen LogP contribution in [0.15, 0.2) is 48.5 Å². The number of phenolic OH excluding ortho intramolecular Hbond substituents is 2. The van der Waals surface area contributed by atoms with Crippen molar-refractivity contribution in [2.45, 2.75) is 19.0 Å². The van der Waals surface area contributed by atoms with Crippen LogP contribution in [0.4, 0.5) is 0 Å². The molecule has 0 aliphatic rings. The van der Waals surface area contributed by atoms with Crippen LogP contribution in [-0.4, -0.2) is 21.9 Å². The van der Waals surface area contributed by atoms with Crippen LogP contribution in [0.2, 0.25) is 0 Å². The van der Waals surface area contributed by atoms with Gasteiger partial charge in [-0.3, -0.25) is 0 Å². The predicted molar refractivity (Wildman–Crippen MR) is 77.5 cm³/mol. The van der Waals surface area contributed by atoms with Gasteiger partial charge in [-0.2, -0.15) is 0 Å². The van der Waals surface area contributed by atoms with Gasteiger partial charge in [0.05, 0.1) is 12.1 Å². The lowest BCUT2D eigenvalue weighted by atomic mass is 9.92. The molecule has 0 aliphatic heterocycles. The molecule has 0 fully saturated rings. The van der Waals surface area contributed by atoms with Gasteiger partial charge in [0.2, 0.25) is 0 Å². The number of hydrogen-bond acceptors (Lipinski definition) is 4. The van der Waals surface area contributed by atoms with Gasteiger partial charge in [0.25, 0.3) is 0 Å². The van der Waals surface area contributed by atoms with Crippen LogP contribution >= 0.6 is 0 Å². The zero-order valence-electron chi connectivity index (χ0n) is 11.4. The highest BCUT2D eigenvalue weighted by Gasteiger charge is 2.26. The number of aliphatic hydroxyl groups excluding tert-OH is 1. The summed E-state index contributed by atoms with van der Waals surface area (Å²) in [5.74, 6) is -0.0534. The zero-order valence-corrected chi connectivity index (χ0v) is 11.4. The fraction of sp³-hybridized carbons (Fsp3) is 0.250. The Morgan fingerprint density at radius 3 is 2.15 bits per heavy atom. The van der Waals surface area contributed by atoms with E-state index in [1.54, 1.807) is 0 Å². The molecule has 0 bridgehead atoms. The maximum absolute atomic E-state index is 9.67. The quantitative estimate of drug-likeness (QED) is 0.673. The molecular weight excluding hydrogens is 254 g/mol. The molecule has 106 valence electrons. The average molecular weight is 273 g/mol. The Kier molecular flexibility index (Phi) is 4.27. The first-order valence-electron chi connectivity index (χ1n) is 6.47. The van der Waals surface area contributed by atoms with Crippen molar-refractivity contribution in [2.75, 3.05) is 6.61 Å². The second-order valence-corrected chi connectivity index (χ2v) is 5.07. The minimum atomic E-state index is -0.744. The lowest BCUT2D eigenvalue weighted by molar-refractivity contribution is 0.173. The zero-order chi connectivity index (χ0) is 14.6. The van der Waals surface area contributed by atoms with Crippen molar-refractivity contribution in [3.63, 3.8) is 0 Å². The van der Waals surface area contributed by atoms with Gasteiger partial charge in [-0.15, -0.1) is 0 Å². The average Bonchev–Trinajstić information content (AvgIpc) is 2.45. The second kappa shape index (κ2) is 5.94. The van der Waals surface area contributed by atoms with Gasteiger partial charge >= 0.3 is 0 Å². The molecule has 0 heterocycles. The van der Waals surface area contributed by atoms with Gasteiger partial charge in [-0.05, 0) is 30.2 Å². The number of aliphatic hydroxyl groups is 1. The van der Waals surface area contributed by atoms with Crippen LogP contribution in [0.5, 0.6) is 11.5 Å². The molecule has 0 aliphatic carbocycles. The van der Waals surface area contributed by atoms with E-state index in [1.165, 1.54) is 18.2 Å². The summed E-state index contributed by atoms with van der Waals surface area (Å²) in [5.41, 5.74) is 0.983. The van der Waals surface area contributed by atoms with E-state index in [4.69, 9.17) is 0 Å². The summed E-state index contributed by atoms with van der Waals surface area (Å²) in [6, 6.07) is 14.2. The highest BCUT2D eigenvalue weighted by molar-refractivity contribution is 5.40. The third kappa shape index (κ3) is 3.29. The third-order valence-corrected chi connectivity index (χ3v) is 3.38. The van der Waals surface area contributed by atoms with Gasteiger partial charge in [0, 0.05) is 12.6 Å². The molecule has 0 radical (unpaired) electrons. The van der Waals surface area contributed by atoms with E-state index in [0.717, 1.165) is 5.56 Å². The normalized spacial score (nSPS) is 13.9. The summed E-state index contributed by atoms with van der Waals surface area (Å²) in [4.78, 5) is 0. The molecule has 2 rings (SSSR count). The molecular formula is C16H19NO3. The Morgan fingerprint density at radius 1 is 1.00 bits per heavy atom. The second-order valence-electron chi connectivity index (χ2n) is 5.07. The molecule has 4 nitrogen and oxygen atoms in total. The number of rotatable bonds is 5.